The molecule has 1 aliphatic heterocycles. The molecule has 3 rings (SSSR count). The largest absolute Gasteiger partial charge is 0.393 e. The molecular formula is C19H30N4O2. The van der Waals surface area contributed by atoms with Crippen molar-refractivity contribution in [3.63, 3.8) is 0 Å². The van der Waals surface area contributed by atoms with Gasteiger partial charge in [0.25, 0.3) is 0 Å². The third-order valence-corrected chi connectivity index (χ3v) is 5.52. The van der Waals surface area contributed by atoms with Crippen LogP contribution in [0.2, 0.25) is 0 Å². The number of aromatic nitrogens is 1. The van der Waals surface area contributed by atoms with Crippen LogP contribution < -0.4 is 10.2 Å². The van der Waals surface area contributed by atoms with Crippen LogP contribution in [0, 0.1) is 12.8 Å². The lowest BCUT2D eigenvalue weighted by Crippen LogP contribution is -2.49. The second kappa shape index (κ2) is 8.04. The number of nitrogens with one attached hydrogen (secondary N) is 1. The number of aliphatic hydroxyl groups is 1. The zero-order valence-corrected chi connectivity index (χ0v) is 15.3. The Bertz CT molecular complexity index is 569. The van der Waals surface area contributed by atoms with Gasteiger partial charge in [0, 0.05) is 44.8 Å². The summed E-state index contributed by atoms with van der Waals surface area (Å²) in [5.41, 5.74) is 1.17. The minimum Gasteiger partial charge on any atom is -0.393 e. The highest BCUT2D eigenvalue weighted by molar-refractivity contribution is 5.74. The van der Waals surface area contributed by atoms with Crippen LogP contribution in [0.4, 0.5) is 10.6 Å². The van der Waals surface area contributed by atoms with Crippen LogP contribution in [-0.2, 0) is 0 Å². The van der Waals surface area contributed by atoms with E-state index in [-0.39, 0.29) is 24.1 Å². The fourth-order valence-electron chi connectivity index (χ4n) is 3.85. The molecule has 1 aromatic heterocycles. The van der Waals surface area contributed by atoms with E-state index >= 15 is 0 Å². The molecule has 6 nitrogen and oxygen atoms in total. The first-order valence-electron chi connectivity index (χ1n) is 9.40. The maximum atomic E-state index is 12.4. The Balaban J connectivity index is 1.43. The molecule has 1 saturated heterocycles. The summed E-state index contributed by atoms with van der Waals surface area (Å²) < 4.78 is 0. The van der Waals surface area contributed by atoms with Crippen molar-refractivity contribution in [3.05, 3.63) is 23.9 Å². The smallest absolute Gasteiger partial charge is 0.317 e. The number of nitrogens with zero attached hydrogens (tertiary/aromatic N) is 3. The van der Waals surface area contributed by atoms with Gasteiger partial charge in [-0.15, -0.1) is 0 Å². The van der Waals surface area contributed by atoms with E-state index in [1.807, 2.05) is 20.2 Å². The number of carbonyl (C=O) groups is 1. The molecule has 1 aliphatic carbocycles. The van der Waals surface area contributed by atoms with Crippen LogP contribution in [0.1, 0.15) is 37.7 Å². The standard InChI is InChI=1S/C19H30N4O2/c1-14-6-7-18(20-12-14)23-10-8-16(9-11-23)21-19(25)22(2)13-15-4-3-5-17(15)24/h6-7,12,15-17,24H,3-5,8-11,13H2,1-2H3,(H,21,25). The molecule has 0 bridgehead atoms. The lowest BCUT2D eigenvalue weighted by Gasteiger charge is -2.34. The topological polar surface area (TPSA) is 68.7 Å². The minimum absolute atomic E-state index is 0.0222. The van der Waals surface area contributed by atoms with Crippen LogP contribution in [-0.4, -0.2) is 59.8 Å². The van der Waals surface area contributed by atoms with E-state index in [9.17, 15) is 9.90 Å². The SMILES string of the molecule is Cc1ccc(N2CCC(NC(=O)N(C)CC3CCCC3O)CC2)nc1. The van der Waals surface area contributed by atoms with Crippen molar-refractivity contribution >= 4 is 11.8 Å². The third-order valence-electron chi connectivity index (χ3n) is 5.52. The number of hydrogen-bond donors (Lipinski definition) is 2. The predicted molar refractivity (Wildman–Crippen MR) is 98.7 cm³/mol. The quantitative estimate of drug-likeness (QED) is 0.877. The highest BCUT2D eigenvalue weighted by atomic mass is 16.3. The van der Waals surface area contributed by atoms with Gasteiger partial charge in [-0.25, -0.2) is 9.78 Å². The van der Waals surface area contributed by atoms with Gasteiger partial charge in [-0.1, -0.05) is 12.5 Å². The molecule has 6 heteroatoms. The Morgan fingerprint density at radius 2 is 2.08 bits per heavy atom. The zero-order chi connectivity index (χ0) is 17.8. The molecule has 2 fully saturated rings. The molecule has 2 N–H and O–H groups in total. The van der Waals surface area contributed by atoms with Gasteiger partial charge in [-0.05, 0) is 44.2 Å². The molecule has 138 valence electrons. The van der Waals surface area contributed by atoms with Crippen molar-refractivity contribution in [2.45, 2.75) is 51.2 Å². The van der Waals surface area contributed by atoms with Gasteiger partial charge < -0.3 is 20.2 Å². The summed E-state index contributed by atoms with van der Waals surface area (Å²) in [6.45, 7) is 4.50. The number of amides is 2. The van der Waals surface area contributed by atoms with E-state index < -0.39 is 0 Å². The minimum atomic E-state index is -0.250. The fourth-order valence-corrected chi connectivity index (χ4v) is 3.85. The molecule has 0 aromatic carbocycles. The van der Waals surface area contributed by atoms with Crippen molar-refractivity contribution in [1.82, 2.24) is 15.2 Å². The summed E-state index contributed by atoms with van der Waals surface area (Å²) in [7, 11) is 1.83. The summed E-state index contributed by atoms with van der Waals surface area (Å²) in [5, 5.41) is 13.1. The first-order valence-corrected chi connectivity index (χ1v) is 9.40. The number of carbonyl (C=O) groups excluding carboxylic acids is 1. The third kappa shape index (κ3) is 4.63. The molecule has 1 aromatic rings. The molecule has 0 spiro atoms. The van der Waals surface area contributed by atoms with Crippen LogP contribution >= 0.6 is 0 Å². The molecular weight excluding hydrogens is 316 g/mol. The highest BCUT2D eigenvalue weighted by Crippen LogP contribution is 2.26. The van der Waals surface area contributed by atoms with E-state index in [0.717, 1.165) is 51.0 Å². The molecule has 2 atom stereocenters. The van der Waals surface area contributed by atoms with Crippen molar-refractivity contribution < 1.29 is 9.90 Å². The summed E-state index contributed by atoms with van der Waals surface area (Å²) in [6, 6.07) is 4.34. The average Bonchev–Trinajstić information content (AvgIpc) is 3.01. The van der Waals surface area contributed by atoms with Crippen molar-refractivity contribution in [3.8, 4) is 0 Å². The number of aliphatic hydroxyl groups excluding tert-OH is 1. The van der Waals surface area contributed by atoms with Gasteiger partial charge in [0.15, 0.2) is 0 Å². The molecule has 2 heterocycles. The number of aryl methyl sites for hydroxylation is 1. The second-order valence-corrected chi connectivity index (χ2v) is 7.54. The van der Waals surface area contributed by atoms with Crippen molar-refractivity contribution in [2.24, 2.45) is 5.92 Å². The molecule has 2 unspecified atom stereocenters. The predicted octanol–water partition coefficient (Wildman–Crippen LogP) is 2.16. The second-order valence-electron chi connectivity index (χ2n) is 7.54. The first-order chi connectivity index (χ1) is 12.0. The van der Waals surface area contributed by atoms with Crippen LogP contribution in [0.25, 0.3) is 0 Å². The van der Waals surface area contributed by atoms with E-state index in [0.29, 0.717) is 6.54 Å². The van der Waals surface area contributed by atoms with E-state index in [4.69, 9.17) is 0 Å². The number of hydrogen-bond acceptors (Lipinski definition) is 4. The Morgan fingerprint density at radius 3 is 2.68 bits per heavy atom. The van der Waals surface area contributed by atoms with E-state index in [2.05, 4.69) is 27.3 Å². The Hall–Kier alpha value is -1.82. The van der Waals surface area contributed by atoms with E-state index in [1.54, 1.807) is 4.90 Å². The Labute approximate surface area is 150 Å². The number of anilines is 1. The van der Waals surface area contributed by atoms with Crippen LogP contribution in [0.3, 0.4) is 0 Å². The van der Waals surface area contributed by atoms with Gasteiger partial charge in [-0.3, -0.25) is 0 Å². The molecule has 0 radical (unpaired) electrons. The molecule has 1 saturated carbocycles. The highest BCUT2D eigenvalue weighted by Gasteiger charge is 2.28. The lowest BCUT2D eigenvalue weighted by molar-refractivity contribution is 0.113. The number of pyridine rings is 1. The fraction of sp³-hybridized carbons (Fsp3) is 0.684. The Kier molecular flexibility index (Phi) is 5.78. The number of rotatable bonds is 4. The van der Waals surface area contributed by atoms with Gasteiger partial charge in [-0.2, -0.15) is 0 Å². The van der Waals surface area contributed by atoms with Crippen molar-refractivity contribution in [1.29, 1.82) is 0 Å². The number of piperidine rings is 1. The summed E-state index contributed by atoms with van der Waals surface area (Å²) in [6.07, 6.45) is 6.46. The summed E-state index contributed by atoms with van der Waals surface area (Å²) in [5.74, 6) is 1.24. The molecule has 25 heavy (non-hydrogen) atoms. The monoisotopic (exact) mass is 346 g/mol. The van der Waals surface area contributed by atoms with Crippen molar-refractivity contribution in [2.75, 3.05) is 31.6 Å². The lowest BCUT2D eigenvalue weighted by atomic mass is 10.0. The summed E-state index contributed by atoms with van der Waals surface area (Å²) >= 11 is 0. The maximum Gasteiger partial charge on any atom is 0.317 e. The maximum absolute atomic E-state index is 12.4. The van der Waals surface area contributed by atoms with Gasteiger partial charge in [0.1, 0.15) is 5.82 Å². The Morgan fingerprint density at radius 1 is 1.32 bits per heavy atom. The van der Waals surface area contributed by atoms with Crippen LogP contribution in [0.5, 0.6) is 0 Å². The first kappa shape index (κ1) is 18.0. The van der Waals surface area contributed by atoms with Gasteiger partial charge in [0.2, 0.25) is 0 Å². The normalized spacial score (nSPS) is 24.4. The average molecular weight is 346 g/mol. The zero-order valence-electron chi connectivity index (χ0n) is 15.3. The van der Waals surface area contributed by atoms with Gasteiger partial charge in [0.05, 0.1) is 6.10 Å². The number of urea groups is 1. The van der Waals surface area contributed by atoms with E-state index in [1.165, 1.54) is 5.56 Å². The molecule has 2 amide bonds. The summed E-state index contributed by atoms with van der Waals surface area (Å²) in [4.78, 5) is 20.9. The molecule has 2 aliphatic rings. The van der Waals surface area contributed by atoms with Gasteiger partial charge >= 0.3 is 6.03 Å². The van der Waals surface area contributed by atoms with Crippen LogP contribution in [0.15, 0.2) is 18.3 Å².